The Morgan fingerprint density at radius 2 is 1.76 bits per heavy atom. The number of hydrogen-bond donors (Lipinski definition) is 2. The number of likely N-dealkylation sites (N-methyl/N-ethyl adjacent to an activating group) is 1. The van der Waals surface area contributed by atoms with Crippen molar-refractivity contribution in [2.24, 2.45) is 22.7 Å². The predicted molar refractivity (Wildman–Crippen MR) is 235 cm³/mol. The van der Waals surface area contributed by atoms with Gasteiger partial charge in [-0.15, -0.1) is 11.8 Å². The highest BCUT2D eigenvalue weighted by Crippen LogP contribution is 2.70. The van der Waals surface area contributed by atoms with Gasteiger partial charge in [0.15, 0.2) is 6.10 Å². The van der Waals surface area contributed by atoms with Crippen molar-refractivity contribution in [2.75, 3.05) is 67.4 Å². The van der Waals surface area contributed by atoms with E-state index in [0.29, 0.717) is 38.9 Å². The third kappa shape index (κ3) is 6.12. The number of fused-ring (bicyclic) bond motifs is 6. The number of rotatable bonds is 10. The number of carbonyl (C=O) groups is 4. The number of esters is 4. The van der Waals surface area contributed by atoms with Crippen LogP contribution in [0.3, 0.4) is 0 Å². The molecule has 7 aliphatic rings. The van der Waals surface area contributed by atoms with Gasteiger partial charge in [-0.05, 0) is 73.6 Å². The van der Waals surface area contributed by atoms with Crippen molar-refractivity contribution in [3.8, 4) is 0 Å². The molecule has 1 aromatic heterocycles. The molecule has 2 aliphatic carbocycles. The molecule has 2 N–H and O–H groups in total. The van der Waals surface area contributed by atoms with Gasteiger partial charge < -0.3 is 38.7 Å². The first-order chi connectivity index (χ1) is 30.2. The number of aliphatic hydroxyl groups is 1. The molecule has 6 heterocycles. The quantitative estimate of drug-likeness (QED) is 0.147. The maximum atomic E-state index is 15.4. The van der Waals surface area contributed by atoms with Crippen molar-refractivity contribution < 1.29 is 48.0 Å². The first-order valence-electron chi connectivity index (χ1n) is 22.2. The van der Waals surface area contributed by atoms with Crippen LogP contribution in [0.25, 0.3) is 10.9 Å². The van der Waals surface area contributed by atoms with Crippen LogP contribution >= 0.6 is 11.8 Å². The van der Waals surface area contributed by atoms with Crippen LogP contribution in [0.1, 0.15) is 57.7 Å². The van der Waals surface area contributed by atoms with Gasteiger partial charge in [-0.25, -0.2) is 4.79 Å². The predicted octanol–water partition coefficient (Wildman–Crippen LogP) is 4.66. The van der Waals surface area contributed by atoms with Gasteiger partial charge in [0.05, 0.1) is 39.2 Å². The highest BCUT2D eigenvalue weighted by molar-refractivity contribution is 8.00. The lowest BCUT2D eigenvalue weighted by molar-refractivity contribution is -0.243. The fourth-order valence-corrected chi connectivity index (χ4v) is 14.4. The lowest BCUT2D eigenvalue weighted by Gasteiger charge is -2.63. The number of hydrogen-bond acceptors (Lipinski definition) is 14. The topological polar surface area (TPSA) is 160 Å². The van der Waals surface area contributed by atoms with E-state index >= 15 is 4.79 Å². The van der Waals surface area contributed by atoms with Crippen molar-refractivity contribution in [1.82, 2.24) is 19.7 Å². The number of thioether (sulfide) groups is 1. The minimum absolute atomic E-state index is 0.00115. The molecule has 2 saturated heterocycles. The summed E-state index contributed by atoms with van der Waals surface area (Å²) in [6, 6.07) is 4.90. The molecule has 1 aromatic carbocycles. The summed E-state index contributed by atoms with van der Waals surface area (Å²) in [4.78, 5) is 66.7. The van der Waals surface area contributed by atoms with Crippen LogP contribution in [0, 0.1) is 22.7 Å². The number of carbonyl (C=O) groups excluding carboxylic acids is 4. The molecule has 63 heavy (non-hydrogen) atoms. The van der Waals surface area contributed by atoms with Crippen LogP contribution in [0.4, 0.5) is 0 Å². The van der Waals surface area contributed by atoms with Crippen LogP contribution in [-0.4, -0.2) is 146 Å². The zero-order chi connectivity index (χ0) is 44.8. The molecular formula is C48H60N4O10S. The highest BCUT2D eigenvalue weighted by atomic mass is 32.2. The molecule has 1 spiro atoms. The summed E-state index contributed by atoms with van der Waals surface area (Å²) in [5.41, 5.74) is 0.189. The minimum Gasteiger partial charge on any atom is -0.468 e. The number of aromatic amines is 1. The lowest BCUT2D eigenvalue weighted by atomic mass is 9.47. The number of benzene rings is 1. The van der Waals surface area contributed by atoms with Gasteiger partial charge in [0.25, 0.3) is 0 Å². The first kappa shape index (κ1) is 43.8. The Balaban J connectivity index is 1.31. The molecule has 2 bridgehead atoms. The van der Waals surface area contributed by atoms with Gasteiger partial charge in [-0.2, -0.15) is 0 Å². The van der Waals surface area contributed by atoms with Gasteiger partial charge in [0, 0.05) is 97.2 Å². The third-order valence-electron chi connectivity index (χ3n) is 15.8. The van der Waals surface area contributed by atoms with E-state index in [4.69, 9.17) is 23.7 Å². The van der Waals surface area contributed by atoms with E-state index < -0.39 is 58.0 Å². The summed E-state index contributed by atoms with van der Waals surface area (Å²) >= 11 is 1.41. The van der Waals surface area contributed by atoms with Gasteiger partial charge in [-0.1, -0.05) is 43.7 Å². The molecule has 11 atom stereocenters. The number of allylic oxidation sites excluding steroid dienone is 1. The van der Waals surface area contributed by atoms with E-state index in [2.05, 4.69) is 58.2 Å². The molecule has 3 unspecified atom stereocenters. The van der Waals surface area contributed by atoms with Crippen molar-refractivity contribution in [3.63, 3.8) is 0 Å². The number of nitrogens with zero attached hydrogens (tertiary/aromatic N) is 3. The fourth-order valence-electron chi connectivity index (χ4n) is 13.6. The molecule has 15 heteroatoms. The second-order valence-electron chi connectivity index (χ2n) is 18.6. The molecule has 9 rings (SSSR count). The van der Waals surface area contributed by atoms with Crippen LogP contribution in [0.2, 0.25) is 0 Å². The summed E-state index contributed by atoms with van der Waals surface area (Å²) in [6.07, 6.45) is 11.2. The van der Waals surface area contributed by atoms with Crippen LogP contribution in [-0.2, 0) is 54.8 Å². The SMILES string of the molecule is CCC1=C[C@H]2CN(C1)Cc1c([nH]c3ccc(SCC(=O)OC)cc13)[C@@](C(=O)OC)(C1C=C3C(=CC1OC)N(C)[C@H]1[C@@](O)(C(=O)OC)[C@H](OC(C)=O)[C@]4(CC)C=CCN5CC[C@]31[C@@H]54)C2. The lowest BCUT2D eigenvalue weighted by Crippen LogP contribution is -2.79. The number of methoxy groups -OCH3 is 4. The molecule has 1 saturated carbocycles. The minimum atomic E-state index is -2.29. The van der Waals surface area contributed by atoms with Crippen molar-refractivity contribution in [3.05, 3.63) is 76.7 Å². The van der Waals surface area contributed by atoms with Gasteiger partial charge >= 0.3 is 23.9 Å². The molecule has 14 nitrogen and oxygen atoms in total. The summed E-state index contributed by atoms with van der Waals surface area (Å²) in [6.45, 7) is 8.97. The zero-order valence-corrected chi connectivity index (χ0v) is 38.3. The fraction of sp³-hybridized carbons (Fsp3) is 0.583. The standard InChI is InChI=1S/C48H60N4O10S/c1-9-28-18-29-22-47(43(55)60-7,39-32(25-51(23-28)24-29)31-19-30(12-13-35(31)49-39)63-26-38(54)59-6)34-20-33-36(21-37(34)58-5)50(4)41-46(33)15-17-52-16-11-14-45(10-2,40(46)52)42(62-27(3)53)48(41,57)44(56)61-8/h11-14,18-21,29,34,37,40-42,49,57H,9-10,15-17,22-26H2,1-8H3/t29-,34?,37?,40+,41-,42-,45-,46-,47+,48+/m1/s1. The average molecular weight is 885 g/mol. The molecular weight excluding hydrogens is 825 g/mol. The Hall–Kier alpha value is -4.41. The van der Waals surface area contributed by atoms with E-state index in [1.165, 1.54) is 45.6 Å². The third-order valence-corrected chi connectivity index (χ3v) is 16.8. The molecule has 5 aliphatic heterocycles. The van der Waals surface area contributed by atoms with Gasteiger partial charge in [0.2, 0.25) is 5.60 Å². The molecule has 0 radical (unpaired) electrons. The number of nitrogens with one attached hydrogen (secondary N) is 1. The first-order valence-corrected chi connectivity index (χ1v) is 23.2. The van der Waals surface area contributed by atoms with Gasteiger partial charge in [-0.3, -0.25) is 24.2 Å². The number of H-pyrrole nitrogens is 1. The highest BCUT2D eigenvalue weighted by Gasteiger charge is 2.81. The maximum Gasteiger partial charge on any atom is 0.344 e. The summed E-state index contributed by atoms with van der Waals surface area (Å²) < 4.78 is 29.1. The Bertz CT molecular complexity index is 2370. The largest absolute Gasteiger partial charge is 0.468 e. The van der Waals surface area contributed by atoms with Crippen LogP contribution < -0.4 is 0 Å². The molecule has 2 aromatic rings. The smallest absolute Gasteiger partial charge is 0.344 e. The average Bonchev–Trinajstić information content (AvgIpc) is 3.93. The van der Waals surface area contributed by atoms with E-state index in [0.717, 1.165) is 57.8 Å². The molecule has 338 valence electrons. The Morgan fingerprint density at radius 1 is 0.984 bits per heavy atom. The number of ether oxygens (including phenoxy) is 5. The van der Waals surface area contributed by atoms with E-state index in [1.54, 1.807) is 7.11 Å². The van der Waals surface area contributed by atoms with Crippen LogP contribution in [0.15, 0.2) is 70.3 Å². The van der Waals surface area contributed by atoms with E-state index in [9.17, 15) is 19.5 Å². The second-order valence-corrected chi connectivity index (χ2v) is 19.6. The zero-order valence-electron chi connectivity index (χ0n) is 37.5. The van der Waals surface area contributed by atoms with Gasteiger partial charge in [0.1, 0.15) is 5.41 Å². The van der Waals surface area contributed by atoms with E-state index in [1.807, 2.05) is 31.0 Å². The summed E-state index contributed by atoms with van der Waals surface area (Å²) in [5.74, 6) is -2.63. The maximum absolute atomic E-state index is 15.4. The van der Waals surface area contributed by atoms with Crippen molar-refractivity contribution in [2.45, 2.75) is 93.2 Å². The summed E-state index contributed by atoms with van der Waals surface area (Å²) in [5, 5.41) is 14.3. The number of aromatic nitrogens is 1. The summed E-state index contributed by atoms with van der Waals surface area (Å²) in [7, 11) is 7.64. The molecule has 3 fully saturated rings. The Labute approximate surface area is 373 Å². The van der Waals surface area contributed by atoms with Crippen LogP contribution in [0.5, 0.6) is 0 Å². The number of likely N-dealkylation sites (tertiary alicyclic amines) is 1. The Morgan fingerprint density at radius 3 is 2.44 bits per heavy atom. The van der Waals surface area contributed by atoms with E-state index in [-0.39, 0.29) is 29.7 Å². The second kappa shape index (κ2) is 15.9. The Kier molecular flexibility index (Phi) is 11.1. The van der Waals surface area contributed by atoms with Crippen molar-refractivity contribution >= 4 is 46.5 Å². The molecule has 0 amide bonds. The normalized spacial score (nSPS) is 36.4. The van der Waals surface area contributed by atoms with Crippen molar-refractivity contribution in [1.29, 1.82) is 0 Å². The monoisotopic (exact) mass is 884 g/mol.